The molecule has 2 heterocycles. The lowest BCUT2D eigenvalue weighted by atomic mass is 10.0. The minimum Gasteiger partial charge on any atom is -0.372 e. The SMILES string of the molecule is CN1CCC(=O)Nc2cc(C(=O)N3CCC(NCC4CC4)CC3)ccc21. The summed E-state index contributed by atoms with van der Waals surface area (Å²) in [5.74, 6) is 0.958. The molecule has 0 spiro atoms. The van der Waals surface area contributed by atoms with Crippen molar-refractivity contribution >= 4 is 23.2 Å². The molecule has 2 N–H and O–H groups in total. The van der Waals surface area contributed by atoms with Crippen molar-refractivity contribution in [2.24, 2.45) is 5.92 Å². The van der Waals surface area contributed by atoms with E-state index >= 15 is 0 Å². The first-order chi connectivity index (χ1) is 12.6. The molecule has 6 heteroatoms. The Morgan fingerprint density at radius 2 is 1.96 bits per heavy atom. The van der Waals surface area contributed by atoms with Crippen molar-refractivity contribution in [3.63, 3.8) is 0 Å². The molecule has 4 rings (SSSR count). The Labute approximate surface area is 154 Å². The van der Waals surface area contributed by atoms with E-state index in [2.05, 4.69) is 15.5 Å². The molecule has 0 aromatic heterocycles. The lowest BCUT2D eigenvalue weighted by molar-refractivity contribution is -0.115. The molecule has 1 saturated heterocycles. The van der Waals surface area contributed by atoms with Gasteiger partial charge in [0.05, 0.1) is 11.4 Å². The number of piperidine rings is 1. The van der Waals surface area contributed by atoms with E-state index in [-0.39, 0.29) is 11.8 Å². The first kappa shape index (κ1) is 17.3. The monoisotopic (exact) mass is 356 g/mol. The topological polar surface area (TPSA) is 64.7 Å². The number of carbonyl (C=O) groups is 2. The molecule has 1 aliphatic carbocycles. The van der Waals surface area contributed by atoms with Gasteiger partial charge >= 0.3 is 0 Å². The summed E-state index contributed by atoms with van der Waals surface area (Å²) in [6.45, 7) is 3.42. The molecular formula is C20H28N4O2. The molecule has 0 unspecified atom stereocenters. The third-order valence-electron chi connectivity index (χ3n) is 5.78. The molecular weight excluding hydrogens is 328 g/mol. The zero-order valence-electron chi connectivity index (χ0n) is 15.5. The van der Waals surface area contributed by atoms with E-state index in [0.29, 0.717) is 24.6 Å². The zero-order valence-corrected chi connectivity index (χ0v) is 15.5. The number of carbonyl (C=O) groups excluding carboxylic acids is 2. The number of nitrogens with zero attached hydrogens (tertiary/aromatic N) is 2. The molecule has 0 radical (unpaired) electrons. The molecule has 26 heavy (non-hydrogen) atoms. The standard InChI is InChI=1S/C20H28N4O2/c1-23-9-8-19(25)22-17-12-15(4-5-18(17)23)20(26)24-10-6-16(7-11-24)21-13-14-2-3-14/h4-5,12,14,16,21H,2-3,6-11,13H2,1H3,(H,22,25). The van der Waals surface area contributed by atoms with Gasteiger partial charge in [0.15, 0.2) is 0 Å². The second-order valence-corrected chi connectivity index (χ2v) is 7.87. The van der Waals surface area contributed by atoms with Gasteiger partial charge in [0.2, 0.25) is 5.91 Å². The van der Waals surface area contributed by atoms with E-state index in [1.807, 2.05) is 30.1 Å². The van der Waals surface area contributed by atoms with Crippen LogP contribution in [-0.2, 0) is 4.79 Å². The van der Waals surface area contributed by atoms with Crippen LogP contribution in [0.25, 0.3) is 0 Å². The average Bonchev–Trinajstić information content (AvgIpc) is 3.49. The maximum atomic E-state index is 12.9. The first-order valence-corrected chi connectivity index (χ1v) is 9.78. The van der Waals surface area contributed by atoms with E-state index in [0.717, 1.165) is 49.8 Å². The fourth-order valence-electron chi connectivity index (χ4n) is 3.83. The summed E-state index contributed by atoms with van der Waals surface area (Å²) >= 11 is 0. The van der Waals surface area contributed by atoms with Crippen LogP contribution in [-0.4, -0.2) is 56.0 Å². The Morgan fingerprint density at radius 3 is 2.69 bits per heavy atom. The van der Waals surface area contributed by atoms with Crippen LogP contribution < -0.4 is 15.5 Å². The molecule has 0 bridgehead atoms. The molecule has 2 aliphatic heterocycles. The molecule has 1 aromatic rings. The van der Waals surface area contributed by atoms with Crippen LogP contribution in [0.15, 0.2) is 18.2 Å². The number of benzene rings is 1. The van der Waals surface area contributed by atoms with Gasteiger partial charge in [-0.05, 0) is 56.3 Å². The Balaban J connectivity index is 1.39. The highest BCUT2D eigenvalue weighted by Gasteiger charge is 2.27. The summed E-state index contributed by atoms with van der Waals surface area (Å²) in [5, 5.41) is 6.58. The van der Waals surface area contributed by atoms with Gasteiger partial charge in [-0.3, -0.25) is 9.59 Å². The molecule has 2 amide bonds. The predicted molar refractivity (Wildman–Crippen MR) is 103 cm³/mol. The minimum absolute atomic E-state index is 0.00255. The highest BCUT2D eigenvalue weighted by Crippen LogP contribution is 2.30. The quantitative estimate of drug-likeness (QED) is 0.867. The lowest BCUT2D eigenvalue weighted by Gasteiger charge is -2.33. The summed E-state index contributed by atoms with van der Waals surface area (Å²) in [6, 6.07) is 6.19. The van der Waals surface area contributed by atoms with Crippen LogP contribution in [0.5, 0.6) is 0 Å². The molecule has 140 valence electrons. The number of fused-ring (bicyclic) bond motifs is 1. The summed E-state index contributed by atoms with van der Waals surface area (Å²) in [7, 11) is 1.97. The number of anilines is 2. The van der Waals surface area contributed by atoms with Crippen molar-refractivity contribution in [1.29, 1.82) is 0 Å². The largest absolute Gasteiger partial charge is 0.372 e. The van der Waals surface area contributed by atoms with Gasteiger partial charge < -0.3 is 20.4 Å². The predicted octanol–water partition coefficient (Wildman–Crippen LogP) is 2.07. The molecule has 0 atom stereocenters. The van der Waals surface area contributed by atoms with Crippen molar-refractivity contribution in [1.82, 2.24) is 10.2 Å². The normalized spacial score (nSPS) is 21.2. The van der Waals surface area contributed by atoms with Gasteiger partial charge in [-0.25, -0.2) is 0 Å². The molecule has 1 aromatic carbocycles. The van der Waals surface area contributed by atoms with Gasteiger partial charge in [-0.15, -0.1) is 0 Å². The Bertz CT molecular complexity index is 693. The lowest BCUT2D eigenvalue weighted by Crippen LogP contribution is -2.45. The van der Waals surface area contributed by atoms with Crippen molar-refractivity contribution < 1.29 is 9.59 Å². The van der Waals surface area contributed by atoms with Crippen LogP contribution in [0.2, 0.25) is 0 Å². The molecule has 6 nitrogen and oxygen atoms in total. The number of rotatable bonds is 4. The fraction of sp³-hybridized carbons (Fsp3) is 0.600. The van der Waals surface area contributed by atoms with Crippen LogP contribution in [0.1, 0.15) is 42.5 Å². The second-order valence-electron chi connectivity index (χ2n) is 7.87. The van der Waals surface area contributed by atoms with E-state index in [1.165, 1.54) is 12.8 Å². The fourth-order valence-corrected chi connectivity index (χ4v) is 3.83. The second kappa shape index (κ2) is 7.27. The van der Waals surface area contributed by atoms with Gasteiger partial charge in [0.1, 0.15) is 0 Å². The maximum absolute atomic E-state index is 12.9. The maximum Gasteiger partial charge on any atom is 0.253 e. The molecule has 3 aliphatic rings. The number of hydrogen-bond acceptors (Lipinski definition) is 4. The average molecular weight is 356 g/mol. The summed E-state index contributed by atoms with van der Waals surface area (Å²) in [5.41, 5.74) is 2.36. The van der Waals surface area contributed by atoms with Gasteiger partial charge in [0.25, 0.3) is 5.91 Å². The minimum atomic E-state index is 0.00255. The smallest absolute Gasteiger partial charge is 0.253 e. The van der Waals surface area contributed by atoms with Crippen molar-refractivity contribution in [3.8, 4) is 0 Å². The Kier molecular flexibility index (Phi) is 4.85. The number of likely N-dealkylation sites (tertiary alicyclic amines) is 1. The van der Waals surface area contributed by atoms with Crippen LogP contribution >= 0.6 is 0 Å². The van der Waals surface area contributed by atoms with Crippen molar-refractivity contribution in [3.05, 3.63) is 23.8 Å². The number of nitrogens with one attached hydrogen (secondary N) is 2. The van der Waals surface area contributed by atoms with E-state index in [4.69, 9.17) is 0 Å². The summed E-state index contributed by atoms with van der Waals surface area (Å²) < 4.78 is 0. The van der Waals surface area contributed by atoms with E-state index in [1.54, 1.807) is 0 Å². The highest BCUT2D eigenvalue weighted by atomic mass is 16.2. The number of hydrogen-bond donors (Lipinski definition) is 2. The third kappa shape index (κ3) is 3.85. The Morgan fingerprint density at radius 1 is 1.19 bits per heavy atom. The van der Waals surface area contributed by atoms with Gasteiger partial charge in [0, 0.05) is 44.7 Å². The van der Waals surface area contributed by atoms with E-state index in [9.17, 15) is 9.59 Å². The van der Waals surface area contributed by atoms with Crippen LogP contribution in [0.4, 0.5) is 11.4 Å². The molecule has 2 fully saturated rings. The third-order valence-corrected chi connectivity index (χ3v) is 5.78. The van der Waals surface area contributed by atoms with Gasteiger partial charge in [-0.2, -0.15) is 0 Å². The van der Waals surface area contributed by atoms with E-state index < -0.39 is 0 Å². The Hall–Kier alpha value is -2.08. The molecule has 1 saturated carbocycles. The van der Waals surface area contributed by atoms with Crippen LogP contribution in [0, 0.1) is 5.92 Å². The summed E-state index contributed by atoms with van der Waals surface area (Å²) in [6.07, 6.45) is 5.24. The van der Waals surface area contributed by atoms with Crippen molar-refractivity contribution in [2.75, 3.05) is 43.4 Å². The van der Waals surface area contributed by atoms with Gasteiger partial charge in [-0.1, -0.05) is 0 Å². The number of amides is 2. The van der Waals surface area contributed by atoms with Crippen LogP contribution in [0.3, 0.4) is 0 Å². The summed E-state index contributed by atoms with van der Waals surface area (Å²) in [4.78, 5) is 28.8. The van der Waals surface area contributed by atoms with Crippen molar-refractivity contribution in [2.45, 2.75) is 38.1 Å². The first-order valence-electron chi connectivity index (χ1n) is 9.78. The highest BCUT2D eigenvalue weighted by molar-refractivity contribution is 6.00. The zero-order chi connectivity index (χ0) is 18.1.